The zero-order chi connectivity index (χ0) is 14.8. The van der Waals surface area contributed by atoms with E-state index in [0.29, 0.717) is 19.7 Å². The molecule has 0 aliphatic carbocycles. The Kier molecular flexibility index (Phi) is 4.32. The molecule has 112 valence electrons. The summed E-state index contributed by atoms with van der Waals surface area (Å²) in [7, 11) is 0. The first-order valence-electron chi connectivity index (χ1n) is 6.48. The van der Waals surface area contributed by atoms with Gasteiger partial charge >= 0.3 is 6.18 Å². The van der Waals surface area contributed by atoms with Crippen LogP contribution in [-0.2, 0) is 10.9 Å². The SMILES string of the molecule is CCOC1CCN(c2cc(N)nc(C(F)(F)F)n2)CC1. The Hall–Kier alpha value is -1.57. The fraction of sp³-hybridized carbons (Fsp3) is 0.667. The Morgan fingerprint density at radius 2 is 2.00 bits per heavy atom. The summed E-state index contributed by atoms with van der Waals surface area (Å²) >= 11 is 0. The second kappa shape index (κ2) is 5.82. The molecule has 1 aliphatic rings. The molecule has 0 aromatic carbocycles. The quantitative estimate of drug-likeness (QED) is 0.923. The van der Waals surface area contributed by atoms with Crippen LogP contribution >= 0.6 is 0 Å². The summed E-state index contributed by atoms with van der Waals surface area (Å²) in [5.74, 6) is -1.14. The van der Waals surface area contributed by atoms with Crippen molar-refractivity contribution in [3.63, 3.8) is 0 Å². The van der Waals surface area contributed by atoms with Crippen molar-refractivity contribution in [3.8, 4) is 0 Å². The zero-order valence-corrected chi connectivity index (χ0v) is 11.2. The Labute approximate surface area is 114 Å². The lowest BCUT2D eigenvalue weighted by Crippen LogP contribution is -2.38. The minimum atomic E-state index is -4.59. The molecule has 0 spiro atoms. The largest absolute Gasteiger partial charge is 0.451 e. The molecular weight excluding hydrogens is 273 g/mol. The Bertz CT molecular complexity index is 459. The van der Waals surface area contributed by atoms with Gasteiger partial charge in [-0.05, 0) is 19.8 Å². The van der Waals surface area contributed by atoms with Gasteiger partial charge in [0, 0.05) is 25.8 Å². The van der Waals surface area contributed by atoms with Gasteiger partial charge in [-0.1, -0.05) is 0 Å². The highest BCUT2D eigenvalue weighted by atomic mass is 19.4. The highest BCUT2D eigenvalue weighted by molar-refractivity contribution is 5.47. The van der Waals surface area contributed by atoms with Gasteiger partial charge in [-0.25, -0.2) is 9.97 Å². The standard InChI is InChI=1S/C12H17F3N4O/c1-2-20-8-3-5-19(6-4-8)10-7-9(16)17-11(18-10)12(13,14)15/h7-8H,2-6H2,1H3,(H2,16,17,18). The summed E-state index contributed by atoms with van der Waals surface area (Å²) in [4.78, 5) is 8.58. The van der Waals surface area contributed by atoms with Crippen molar-refractivity contribution in [2.24, 2.45) is 0 Å². The maximum absolute atomic E-state index is 12.7. The summed E-state index contributed by atoms with van der Waals surface area (Å²) in [6.45, 7) is 3.76. The summed E-state index contributed by atoms with van der Waals surface area (Å²) in [5, 5.41) is 0. The molecular formula is C12H17F3N4O. The normalized spacial score (nSPS) is 17.5. The number of hydrogen-bond acceptors (Lipinski definition) is 5. The molecule has 5 nitrogen and oxygen atoms in total. The van der Waals surface area contributed by atoms with E-state index in [4.69, 9.17) is 10.5 Å². The number of rotatable bonds is 3. The van der Waals surface area contributed by atoms with E-state index in [0.717, 1.165) is 12.8 Å². The molecule has 2 N–H and O–H groups in total. The van der Waals surface area contributed by atoms with Gasteiger partial charge < -0.3 is 15.4 Å². The minimum absolute atomic E-state index is 0.164. The van der Waals surface area contributed by atoms with E-state index in [2.05, 4.69) is 9.97 Å². The molecule has 0 atom stereocenters. The third kappa shape index (κ3) is 3.50. The number of nitrogens with zero attached hydrogens (tertiary/aromatic N) is 3. The zero-order valence-electron chi connectivity index (χ0n) is 11.2. The van der Waals surface area contributed by atoms with Crippen molar-refractivity contribution < 1.29 is 17.9 Å². The van der Waals surface area contributed by atoms with Gasteiger partial charge in [0.15, 0.2) is 0 Å². The molecule has 2 heterocycles. The molecule has 20 heavy (non-hydrogen) atoms. The molecule has 0 bridgehead atoms. The number of hydrogen-bond donors (Lipinski definition) is 1. The Morgan fingerprint density at radius 3 is 2.55 bits per heavy atom. The highest BCUT2D eigenvalue weighted by Gasteiger charge is 2.36. The van der Waals surface area contributed by atoms with E-state index in [1.165, 1.54) is 6.07 Å². The van der Waals surface area contributed by atoms with Crippen LogP contribution < -0.4 is 10.6 Å². The lowest BCUT2D eigenvalue weighted by molar-refractivity contribution is -0.144. The predicted octanol–water partition coefficient (Wildman–Crippen LogP) is 2.08. The van der Waals surface area contributed by atoms with E-state index >= 15 is 0 Å². The third-order valence-corrected chi connectivity index (χ3v) is 3.15. The molecule has 1 aliphatic heterocycles. The first-order valence-corrected chi connectivity index (χ1v) is 6.48. The fourth-order valence-corrected chi connectivity index (χ4v) is 2.23. The van der Waals surface area contributed by atoms with E-state index in [9.17, 15) is 13.2 Å². The monoisotopic (exact) mass is 290 g/mol. The van der Waals surface area contributed by atoms with Gasteiger partial charge in [-0.2, -0.15) is 13.2 Å². The van der Waals surface area contributed by atoms with Crippen LogP contribution in [0.25, 0.3) is 0 Å². The van der Waals surface area contributed by atoms with Crippen molar-refractivity contribution in [3.05, 3.63) is 11.9 Å². The van der Waals surface area contributed by atoms with Crippen LogP contribution in [0.15, 0.2) is 6.07 Å². The van der Waals surface area contributed by atoms with Gasteiger partial charge in [-0.3, -0.25) is 0 Å². The Morgan fingerprint density at radius 1 is 1.35 bits per heavy atom. The number of alkyl halides is 3. The fourth-order valence-electron chi connectivity index (χ4n) is 2.23. The van der Waals surface area contributed by atoms with Crippen molar-refractivity contribution in [1.29, 1.82) is 0 Å². The maximum Gasteiger partial charge on any atom is 0.451 e. The molecule has 1 aromatic heterocycles. The molecule has 2 rings (SSSR count). The highest BCUT2D eigenvalue weighted by Crippen LogP contribution is 2.29. The topological polar surface area (TPSA) is 64.3 Å². The summed E-state index contributed by atoms with van der Waals surface area (Å²) in [6, 6.07) is 1.37. The van der Waals surface area contributed by atoms with E-state index < -0.39 is 12.0 Å². The number of halogens is 3. The van der Waals surface area contributed by atoms with E-state index in [-0.39, 0.29) is 17.7 Å². The second-order valence-corrected chi connectivity index (χ2v) is 4.61. The average Bonchev–Trinajstić information content (AvgIpc) is 2.38. The first-order chi connectivity index (χ1) is 9.40. The number of nitrogen functional groups attached to an aromatic ring is 1. The summed E-state index contributed by atoms with van der Waals surface area (Å²) in [5.41, 5.74) is 5.44. The van der Waals surface area contributed by atoms with Crippen LogP contribution in [0.1, 0.15) is 25.6 Å². The van der Waals surface area contributed by atoms with Crippen LogP contribution in [0, 0.1) is 0 Å². The number of ether oxygens (including phenoxy) is 1. The Balaban J connectivity index is 2.12. The molecule has 0 unspecified atom stereocenters. The van der Waals surface area contributed by atoms with E-state index in [1.807, 2.05) is 6.92 Å². The third-order valence-electron chi connectivity index (χ3n) is 3.15. The smallest absolute Gasteiger partial charge is 0.384 e. The van der Waals surface area contributed by atoms with Gasteiger partial charge in [0.2, 0.25) is 5.82 Å². The molecule has 8 heteroatoms. The second-order valence-electron chi connectivity index (χ2n) is 4.61. The van der Waals surface area contributed by atoms with Crippen LogP contribution in [0.4, 0.5) is 24.8 Å². The molecule has 1 fully saturated rings. The van der Waals surface area contributed by atoms with Crippen molar-refractivity contribution in [1.82, 2.24) is 9.97 Å². The average molecular weight is 290 g/mol. The molecule has 0 radical (unpaired) electrons. The van der Waals surface area contributed by atoms with Gasteiger partial charge in [0.1, 0.15) is 11.6 Å². The van der Waals surface area contributed by atoms with Crippen LogP contribution in [-0.4, -0.2) is 35.8 Å². The summed E-state index contributed by atoms with van der Waals surface area (Å²) in [6.07, 6.45) is -2.90. The summed E-state index contributed by atoms with van der Waals surface area (Å²) < 4.78 is 43.5. The van der Waals surface area contributed by atoms with Crippen LogP contribution in [0.5, 0.6) is 0 Å². The van der Waals surface area contributed by atoms with Crippen molar-refractivity contribution in [2.45, 2.75) is 32.0 Å². The minimum Gasteiger partial charge on any atom is -0.384 e. The van der Waals surface area contributed by atoms with Gasteiger partial charge in [-0.15, -0.1) is 0 Å². The van der Waals surface area contributed by atoms with Gasteiger partial charge in [0.05, 0.1) is 6.10 Å². The first kappa shape index (κ1) is 14.8. The molecule has 0 saturated carbocycles. The van der Waals surface area contributed by atoms with Crippen LogP contribution in [0.2, 0.25) is 0 Å². The van der Waals surface area contributed by atoms with Crippen molar-refractivity contribution in [2.75, 3.05) is 30.3 Å². The number of anilines is 2. The molecule has 1 aromatic rings. The maximum atomic E-state index is 12.7. The number of nitrogens with two attached hydrogens (primary N) is 1. The van der Waals surface area contributed by atoms with Crippen molar-refractivity contribution >= 4 is 11.6 Å². The molecule has 0 amide bonds. The number of aromatic nitrogens is 2. The molecule has 1 saturated heterocycles. The lowest BCUT2D eigenvalue weighted by atomic mass is 10.1. The predicted molar refractivity (Wildman–Crippen MR) is 68.3 cm³/mol. The van der Waals surface area contributed by atoms with Crippen LogP contribution in [0.3, 0.4) is 0 Å². The van der Waals surface area contributed by atoms with E-state index in [1.54, 1.807) is 4.90 Å². The van der Waals surface area contributed by atoms with Gasteiger partial charge in [0.25, 0.3) is 0 Å². The lowest BCUT2D eigenvalue weighted by Gasteiger charge is -2.32. The number of piperidine rings is 1.